The average Bonchev–Trinajstić information content (AvgIpc) is 1.66. The highest BCUT2D eigenvalue weighted by atomic mass is 16.3. The standard InChI is InChI=1S/2C3H8O.CH4O/c2*1-3(2)4;1-2/h2*3-4H,1-2H3;2H,1H3. The van der Waals surface area contributed by atoms with E-state index in [0.717, 1.165) is 7.11 Å². The van der Waals surface area contributed by atoms with Crippen LogP contribution in [-0.4, -0.2) is 34.6 Å². The second kappa shape index (κ2) is 15.9. The van der Waals surface area contributed by atoms with Crippen molar-refractivity contribution >= 4 is 0 Å². The number of hydrogen-bond donors (Lipinski definition) is 3. The number of hydrogen-bond acceptors (Lipinski definition) is 3. The van der Waals surface area contributed by atoms with Gasteiger partial charge in [-0.25, -0.2) is 0 Å². The highest BCUT2D eigenvalue weighted by molar-refractivity contribution is 4.21. The van der Waals surface area contributed by atoms with Gasteiger partial charge in [-0.15, -0.1) is 0 Å². The molecule has 0 radical (unpaired) electrons. The van der Waals surface area contributed by atoms with Crippen LogP contribution in [0.15, 0.2) is 0 Å². The summed E-state index contributed by atoms with van der Waals surface area (Å²) in [4.78, 5) is 0. The first-order chi connectivity index (χ1) is 4.46. The van der Waals surface area contributed by atoms with E-state index in [0.29, 0.717) is 0 Å². The molecule has 0 fully saturated rings. The Hall–Kier alpha value is -0.120. The second-order valence-corrected chi connectivity index (χ2v) is 2.19. The molecule has 0 rings (SSSR count). The molecule has 3 nitrogen and oxygen atoms in total. The summed E-state index contributed by atoms with van der Waals surface area (Å²) >= 11 is 0. The van der Waals surface area contributed by atoms with Crippen molar-refractivity contribution in [2.75, 3.05) is 7.11 Å². The fourth-order valence-electron chi connectivity index (χ4n) is 0. The number of aliphatic hydroxyl groups is 3. The van der Waals surface area contributed by atoms with Gasteiger partial charge in [0.25, 0.3) is 0 Å². The van der Waals surface area contributed by atoms with Crippen molar-refractivity contribution in [3.8, 4) is 0 Å². The molecule has 0 heterocycles. The highest BCUT2D eigenvalue weighted by Crippen LogP contribution is 1.65. The normalized spacial score (nSPS) is 7.80. The molecule has 3 heteroatoms. The molecule has 0 aromatic heterocycles. The van der Waals surface area contributed by atoms with Gasteiger partial charge in [0.15, 0.2) is 0 Å². The Bertz CT molecular complexity index is 24.3. The van der Waals surface area contributed by atoms with Gasteiger partial charge in [-0.1, -0.05) is 0 Å². The summed E-state index contributed by atoms with van der Waals surface area (Å²) in [5.74, 6) is 0. The Balaban J connectivity index is -0.0000000787. The highest BCUT2D eigenvalue weighted by Gasteiger charge is 1.69. The van der Waals surface area contributed by atoms with E-state index in [4.69, 9.17) is 15.3 Å². The molecule has 0 saturated carbocycles. The summed E-state index contributed by atoms with van der Waals surface area (Å²) in [6.07, 6.45) is -0.333. The van der Waals surface area contributed by atoms with Gasteiger partial charge in [-0.2, -0.15) is 0 Å². The van der Waals surface area contributed by atoms with E-state index in [2.05, 4.69) is 0 Å². The van der Waals surface area contributed by atoms with Crippen molar-refractivity contribution in [3.63, 3.8) is 0 Å². The first kappa shape index (κ1) is 16.5. The van der Waals surface area contributed by atoms with Gasteiger partial charge in [0, 0.05) is 19.3 Å². The minimum absolute atomic E-state index is 0.167. The Kier molecular flexibility index (Phi) is 26.2. The van der Waals surface area contributed by atoms with Crippen molar-refractivity contribution in [1.29, 1.82) is 0 Å². The minimum Gasteiger partial charge on any atom is -0.400 e. The molecule has 3 N–H and O–H groups in total. The van der Waals surface area contributed by atoms with Gasteiger partial charge in [0.05, 0.1) is 0 Å². The summed E-state index contributed by atoms with van der Waals surface area (Å²) in [5, 5.41) is 23.1. The summed E-state index contributed by atoms with van der Waals surface area (Å²) in [7, 11) is 1.00. The first-order valence-corrected chi connectivity index (χ1v) is 3.27. The molecule has 0 atom stereocenters. The largest absolute Gasteiger partial charge is 0.400 e. The Labute approximate surface area is 63.3 Å². The predicted octanol–water partition coefficient (Wildman–Crippen LogP) is 0.383. The van der Waals surface area contributed by atoms with Gasteiger partial charge < -0.3 is 15.3 Å². The molecule has 0 aliphatic rings. The SMILES string of the molecule is CC(C)O.CC(C)O.CO. The zero-order valence-corrected chi connectivity index (χ0v) is 7.50. The Morgan fingerprint density at radius 2 is 0.700 bits per heavy atom. The third kappa shape index (κ3) is 25900. The van der Waals surface area contributed by atoms with Crippen LogP contribution in [0.1, 0.15) is 27.7 Å². The molecule has 10 heavy (non-hydrogen) atoms. The topological polar surface area (TPSA) is 60.7 Å². The maximum atomic E-state index is 8.06. The lowest BCUT2D eigenvalue weighted by Gasteiger charge is -1.80. The molecular formula is C7H20O3. The molecule has 0 saturated heterocycles. The number of aliphatic hydroxyl groups excluding tert-OH is 3. The van der Waals surface area contributed by atoms with Crippen molar-refractivity contribution in [1.82, 2.24) is 0 Å². The van der Waals surface area contributed by atoms with Gasteiger partial charge >= 0.3 is 0 Å². The van der Waals surface area contributed by atoms with Crippen molar-refractivity contribution < 1.29 is 15.3 Å². The van der Waals surface area contributed by atoms with Crippen LogP contribution in [0.4, 0.5) is 0 Å². The van der Waals surface area contributed by atoms with E-state index in [1.54, 1.807) is 27.7 Å². The van der Waals surface area contributed by atoms with Crippen LogP contribution in [-0.2, 0) is 0 Å². The lowest BCUT2D eigenvalue weighted by Crippen LogP contribution is -1.85. The third-order valence-electron chi connectivity index (χ3n) is 0. The van der Waals surface area contributed by atoms with Crippen LogP contribution in [0.25, 0.3) is 0 Å². The van der Waals surface area contributed by atoms with E-state index in [1.807, 2.05) is 0 Å². The van der Waals surface area contributed by atoms with Crippen molar-refractivity contribution in [2.45, 2.75) is 39.9 Å². The minimum atomic E-state index is -0.167. The van der Waals surface area contributed by atoms with Crippen LogP contribution in [0, 0.1) is 0 Å². The van der Waals surface area contributed by atoms with Crippen LogP contribution in [0.3, 0.4) is 0 Å². The molecule has 0 aromatic carbocycles. The average molecular weight is 152 g/mol. The predicted molar refractivity (Wildman–Crippen MR) is 42.9 cm³/mol. The molecule has 0 bridgehead atoms. The summed E-state index contributed by atoms with van der Waals surface area (Å²) in [6, 6.07) is 0. The van der Waals surface area contributed by atoms with E-state index >= 15 is 0 Å². The van der Waals surface area contributed by atoms with E-state index in [1.165, 1.54) is 0 Å². The molecule has 0 aliphatic carbocycles. The molecule has 0 aromatic rings. The van der Waals surface area contributed by atoms with Crippen LogP contribution in [0.2, 0.25) is 0 Å². The molecule has 66 valence electrons. The van der Waals surface area contributed by atoms with Gasteiger partial charge in [-0.05, 0) is 27.7 Å². The quantitative estimate of drug-likeness (QED) is 0.470. The van der Waals surface area contributed by atoms with Gasteiger partial charge in [-0.3, -0.25) is 0 Å². The fraction of sp³-hybridized carbons (Fsp3) is 1.00. The Morgan fingerprint density at radius 3 is 0.700 bits per heavy atom. The zero-order valence-electron chi connectivity index (χ0n) is 7.50. The number of rotatable bonds is 0. The van der Waals surface area contributed by atoms with Gasteiger partial charge in [0.2, 0.25) is 0 Å². The van der Waals surface area contributed by atoms with Crippen molar-refractivity contribution in [2.24, 2.45) is 0 Å². The summed E-state index contributed by atoms with van der Waals surface area (Å²) in [6.45, 7) is 6.89. The zero-order chi connectivity index (χ0) is 9.15. The van der Waals surface area contributed by atoms with E-state index < -0.39 is 0 Å². The smallest absolute Gasteiger partial charge is 0.0483 e. The molecule has 0 amide bonds. The van der Waals surface area contributed by atoms with Crippen molar-refractivity contribution in [3.05, 3.63) is 0 Å². The summed E-state index contributed by atoms with van der Waals surface area (Å²) < 4.78 is 0. The molecule has 0 aliphatic heterocycles. The van der Waals surface area contributed by atoms with E-state index in [-0.39, 0.29) is 12.2 Å². The second-order valence-electron chi connectivity index (χ2n) is 2.19. The van der Waals surface area contributed by atoms with Crippen LogP contribution >= 0.6 is 0 Å². The lowest BCUT2D eigenvalue weighted by molar-refractivity contribution is 0.215. The maximum Gasteiger partial charge on any atom is 0.0483 e. The molecule has 0 unspecified atom stereocenters. The lowest BCUT2D eigenvalue weighted by atomic mass is 10.5. The van der Waals surface area contributed by atoms with Crippen LogP contribution < -0.4 is 0 Å². The monoisotopic (exact) mass is 152 g/mol. The maximum absolute atomic E-state index is 8.06. The Morgan fingerprint density at radius 1 is 0.700 bits per heavy atom. The molecule has 0 spiro atoms. The summed E-state index contributed by atoms with van der Waals surface area (Å²) in [5.41, 5.74) is 0. The van der Waals surface area contributed by atoms with E-state index in [9.17, 15) is 0 Å². The van der Waals surface area contributed by atoms with Gasteiger partial charge in [0.1, 0.15) is 0 Å². The third-order valence-corrected chi connectivity index (χ3v) is 0. The fourth-order valence-corrected chi connectivity index (χ4v) is 0. The molecular weight excluding hydrogens is 132 g/mol. The first-order valence-electron chi connectivity index (χ1n) is 3.27. The van der Waals surface area contributed by atoms with Crippen LogP contribution in [0.5, 0.6) is 0 Å².